The molecule has 30 heavy (non-hydrogen) atoms. The summed E-state index contributed by atoms with van der Waals surface area (Å²) in [5.74, 6) is -1.70. The number of piperazine rings is 1. The fraction of sp³-hybridized carbons (Fsp3) is 0.381. The molecule has 9 heteroatoms. The Hall–Kier alpha value is -2.52. The van der Waals surface area contributed by atoms with Crippen LogP contribution in [0.5, 0.6) is 5.75 Å². The number of benzene rings is 2. The Balaban J connectivity index is 1.52. The Morgan fingerprint density at radius 1 is 1.03 bits per heavy atom. The SMILES string of the molecule is Cc1cccc(OCCC(=O)N2CCN(S(=O)(=O)c3ccc(F)c(F)c3)CC2)c1C. The summed E-state index contributed by atoms with van der Waals surface area (Å²) in [6.07, 6.45) is 0.184. The summed E-state index contributed by atoms with van der Waals surface area (Å²) in [5.41, 5.74) is 2.14. The largest absolute Gasteiger partial charge is 0.493 e. The van der Waals surface area contributed by atoms with Crippen molar-refractivity contribution in [3.05, 3.63) is 59.2 Å². The molecular formula is C21H24F2N2O4S. The first-order chi connectivity index (χ1) is 14.2. The molecule has 6 nitrogen and oxygen atoms in total. The number of hydrogen-bond acceptors (Lipinski definition) is 4. The van der Waals surface area contributed by atoms with Gasteiger partial charge in [-0.2, -0.15) is 4.31 Å². The van der Waals surface area contributed by atoms with Crippen LogP contribution in [0.1, 0.15) is 17.5 Å². The summed E-state index contributed by atoms with van der Waals surface area (Å²) >= 11 is 0. The number of carbonyl (C=O) groups excluding carboxylic acids is 1. The second kappa shape index (κ2) is 9.09. The van der Waals surface area contributed by atoms with Gasteiger partial charge in [0.2, 0.25) is 15.9 Å². The van der Waals surface area contributed by atoms with Crippen molar-refractivity contribution in [3.8, 4) is 5.75 Å². The Labute approximate surface area is 175 Å². The molecule has 3 rings (SSSR count). The molecular weight excluding hydrogens is 414 g/mol. The predicted molar refractivity (Wildman–Crippen MR) is 108 cm³/mol. The van der Waals surface area contributed by atoms with Gasteiger partial charge < -0.3 is 9.64 Å². The lowest BCUT2D eigenvalue weighted by atomic mass is 10.1. The van der Waals surface area contributed by atoms with Crippen molar-refractivity contribution in [2.24, 2.45) is 0 Å². The molecule has 1 amide bonds. The highest BCUT2D eigenvalue weighted by Gasteiger charge is 2.30. The van der Waals surface area contributed by atoms with E-state index >= 15 is 0 Å². The zero-order valence-corrected chi connectivity index (χ0v) is 17.7. The van der Waals surface area contributed by atoms with Crippen molar-refractivity contribution in [2.45, 2.75) is 25.2 Å². The van der Waals surface area contributed by atoms with Crippen LogP contribution in [0.25, 0.3) is 0 Å². The van der Waals surface area contributed by atoms with Crippen LogP contribution in [-0.2, 0) is 14.8 Å². The van der Waals surface area contributed by atoms with Gasteiger partial charge in [-0.15, -0.1) is 0 Å². The quantitative estimate of drug-likeness (QED) is 0.696. The average molecular weight is 438 g/mol. The van der Waals surface area contributed by atoms with Crippen LogP contribution >= 0.6 is 0 Å². The zero-order valence-electron chi connectivity index (χ0n) is 16.9. The minimum absolute atomic E-state index is 0.0882. The number of aryl methyl sites for hydroxylation is 1. The van der Waals surface area contributed by atoms with E-state index in [0.29, 0.717) is 6.07 Å². The number of hydrogen-bond donors (Lipinski definition) is 0. The Kier molecular flexibility index (Phi) is 6.72. The molecule has 0 aliphatic carbocycles. The lowest BCUT2D eigenvalue weighted by molar-refractivity contribution is -0.132. The highest BCUT2D eigenvalue weighted by molar-refractivity contribution is 7.89. The molecule has 1 aliphatic rings. The van der Waals surface area contributed by atoms with Crippen LogP contribution in [0.2, 0.25) is 0 Å². The van der Waals surface area contributed by atoms with Gasteiger partial charge in [-0.25, -0.2) is 17.2 Å². The first-order valence-corrected chi connectivity index (χ1v) is 11.1. The third-order valence-corrected chi connectivity index (χ3v) is 7.14. The summed E-state index contributed by atoms with van der Waals surface area (Å²) in [5, 5.41) is 0. The summed E-state index contributed by atoms with van der Waals surface area (Å²) in [6.45, 7) is 4.81. The number of halogens is 2. The fourth-order valence-electron chi connectivity index (χ4n) is 3.25. The highest BCUT2D eigenvalue weighted by atomic mass is 32.2. The van der Waals surface area contributed by atoms with E-state index in [0.717, 1.165) is 29.0 Å². The Morgan fingerprint density at radius 2 is 1.73 bits per heavy atom. The molecule has 1 aliphatic heterocycles. The smallest absolute Gasteiger partial charge is 0.243 e. The second-order valence-corrected chi connectivity index (χ2v) is 9.10. The number of amides is 1. The Morgan fingerprint density at radius 3 is 2.40 bits per heavy atom. The molecule has 0 bridgehead atoms. The van der Waals surface area contributed by atoms with Crippen molar-refractivity contribution in [3.63, 3.8) is 0 Å². The Bertz CT molecular complexity index is 1040. The van der Waals surface area contributed by atoms with Gasteiger partial charge in [0.15, 0.2) is 11.6 Å². The number of carbonyl (C=O) groups is 1. The van der Waals surface area contributed by atoms with Gasteiger partial charge >= 0.3 is 0 Å². The van der Waals surface area contributed by atoms with E-state index in [1.165, 1.54) is 4.31 Å². The number of ether oxygens (including phenoxy) is 1. The van der Waals surface area contributed by atoms with Crippen LogP contribution < -0.4 is 4.74 Å². The summed E-state index contributed by atoms with van der Waals surface area (Å²) < 4.78 is 58.6. The maximum absolute atomic E-state index is 13.4. The van der Waals surface area contributed by atoms with Crippen LogP contribution in [0.3, 0.4) is 0 Å². The van der Waals surface area contributed by atoms with Crippen molar-refractivity contribution in [2.75, 3.05) is 32.8 Å². The number of nitrogens with zero attached hydrogens (tertiary/aromatic N) is 2. The maximum Gasteiger partial charge on any atom is 0.243 e. The van der Waals surface area contributed by atoms with Gasteiger partial charge in [-0.1, -0.05) is 12.1 Å². The lowest BCUT2D eigenvalue weighted by Gasteiger charge is -2.34. The summed E-state index contributed by atoms with van der Waals surface area (Å²) in [4.78, 5) is 13.7. The van der Waals surface area contributed by atoms with E-state index in [2.05, 4.69) is 0 Å². The molecule has 0 spiro atoms. The summed E-state index contributed by atoms with van der Waals surface area (Å²) in [6, 6.07) is 8.24. The van der Waals surface area contributed by atoms with E-state index in [9.17, 15) is 22.0 Å². The normalized spacial score (nSPS) is 15.3. The number of sulfonamides is 1. The third kappa shape index (κ3) is 4.79. The van der Waals surface area contributed by atoms with Crippen LogP contribution in [0, 0.1) is 25.5 Å². The summed E-state index contributed by atoms with van der Waals surface area (Å²) in [7, 11) is -3.95. The standard InChI is InChI=1S/C21H24F2N2O4S/c1-15-4-3-5-20(16(15)2)29-13-8-21(26)24-9-11-25(12-10-24)30(27,28)17-6-7-18(22)19(23)14-17/h3-7,14H,8-13H2,1-2H3. The number of rotatable bonds is 6. The molecule has 1 fully saturated rings. The predicted octanol–water partition coefficient (Wildman–Crippen LogP) is 2.88. The molecule has 0 aromatic heterocycles. The first kappa shape index (κ1) is 22.2. The van der Waals surface area contributed by atoms with Gasteiger partial charge in [0.1, 0.15) is 5.75 Å². The minimum atomic E-state index is -3.95. The van der Waals surface area contributed by atoms with Crippen molar-refractivity contribution in [1.29, 1.82) is 0 Å². The van der Waals surface area contributed by atoms with Crippen LogP contribution in [-0.4, -0.2) is 56.3 Å². The molecule has 0 unspecified atom stereocenters. The van der Waals surface area contributed by atoms with Crippen LogP contribution in [0.15, 0.2) is 41.3 Å². The van der Waals surface area contributed by atoms with Crippen LogP contribution in [0.4, 0.5) is 8.78 Å². The monoisotopic (exact) mass is 438 g/mol. The van der Waals surface area contributed by atoms with Gasteiger partial charge in [-0.3, -0.25) is 4.79 Å². The van der Waals surface area contributed by atoms with Crippen molar-refractivity contribution in [1.82, 2.24) is 9.21 Å². The molecule has 0 N–H and O–H groups in total. The fourth-order valence-corrected chi connectivity index (χ4v) is 4.69. The molecule has 2 aromatic carbocycles. The van der Waals surface area contributed by atoms with E-state index < -0.39 is 21.7 Å². The molecule has 162 valence electrons. The van der Waals surface area contributed by atoms with Crippen molar-refractivity contribution < 1.29 is 26.7 Å². The maximum atomic E-state index is 13.4. The second-order valence-electron chi connectivity index (χ2n) is 7.16. The van der Waals surface area contributed by atoms with Crippen molar-refractivity contribution >= 4 is 15.9 Å². The third-order valence-electron chi connectivity index (χ3n) is 5.25. The minimum Gasteiger partial charge on any atom is -0.493 e. The topological polar surface area (TPSA) is 66.9 Å². The molecule has 0 atom stereocenters. The first-order valence-electron chi connectivity index (χ1n) is 9.62. The van der Waals surface area contributed by atoms with Gasteiger partial charge in [-0.05, 0) is 49.2 Å². The van der Waals surface area contributed by atoms with E-state index in [-0.39, 0.29) is 50.0 Å². The molecule has 2 aromatic rings. The van der Waals surface area contributed by atoms with E-state index in [1.807, 2.05) is 32.0 Å². The van der Waals surface area contributed by atoms with Gasteiger partial charge in [0.25, 0.3) is 0 Å². The van der Waals surface area contributed by atoms with E-state index in [1.54, 1.807) is 4.90 Å². The van der Waals surface area contributed by atoms with Gasteiger partial charge in [0, 0.05) is 26.2 Å². The van der Waals surface area contributed by atoms with Gasteiger partial charge in [0.05, 0.1) is 17.9 Å². The highest BCUT2D eigenvalue weighted by Crippen LogP contribution is 2.22. The molecule has 0 saturated carbocycles. The zero-order chi connectivity index (χ0) is 21.9. The lowest BCUT2D eigenvalue weighted by Crippen LogP contribution is -2.50. The molecule has 1 heterocycles. The van der Waals surface area contributed by atoms with E-state index in [4.69, 9.17) is 4.74 Å². The molecule has 1 saturated heterocycles. The average Bonchev–Trinajstić information content (AvgIpc) is 2.73. The molecule has 0 radical (unpaired) electrons.